The van der Waals surface area contributed by atoms with Gasteiger partial charge in [-0.2, -0.15) is 0 Å². The molecule has 0 bridgehead atoms. The molecule has 0 aromatic heterocycles. The number of hydrogen-bond donors (Lipinski definition) is 2. The summed E-state index contributed by atoms with van der Waals surface area (Å²) in [5.74, 6) is -0.278. The molecule has 0 aliphatic carbocycles. The number of ether oxygens (including phenoxy) is 1. The maximum absolute atomic E-state index is 13.0. The molecule has 3 rings (SSSR count). The minimum Gasteiger partial charge on any atom is -0.490 e. The number of rotatable bonds is 3. The van der Waals surface area contributed by atoms with Crippen LogP contribution >= 0.6 is 0 Å². The van der Waals surface area contributed by atoms with Crippen molar-refractivity contribution in [1.82, 2.24) is 0 Å². The normalized spacial score (nSPS) is 16.2. The number of amides is 1. The SMILES string of the molecule is CC1(C)COc2ccc(NS(=O)(=O)c3ccc(F)cc3)cc2NC1=O. The van der Waals surface area contributed by atoms with Crippen molar-refractivity contribution in [2.24, 2.45) is 5.41 Å². The second-order valence-corrected chi connectivity index (χ2v) is 8.08. The van der Waals surface area contributed by atoms with Crippen molar-refractivity contribution in [2.45, 2.75) is 18.7 Å². The first kappa shape index (κ1) is 17.2. The van der Waals surface area contributed by atoms with Crippen molar-refractivity contribution >= 4 is 27.3 Å². The fourth-order valence-electron chi connectivity index (χ4n) is 2.26. The van der Waals surface area contributed by atoms with Crippen LogP contribution < -0.4 is 14.8 Å². The maximum Gasteiger partial charge on any atom is 0.261 e. The van der Waals surface area contributed by atoms with E-state index >= 15 is 0 Å². The number of nitrogens with one attached hydrogen (secondary N) is 2. The van der Waals surface area contributed by atoms with Crippen LogP contribution in [0.1, 0.15) is 13.8 Å². The van der Waals surface area contributed by atoms with Crippen molar-refractivity contribution in [3.63, 3.8) is 0 Å². The van der Waals surface area contributed by atoms with Gasteiger partial charge < -0.3 is 10.1 Å². The number of sulfonamides is 1. The molecule has 6 nitrogen and oxygen atoms in total. The zero-order chi connectivity index (χ0) is 18.2. The lowest BCUT2D eigenvalue weighted by Gasteiger charge is -2.18. The zero-order valence-electron chi connectivity index (χ0n) is 13.7. The van der Waals surface area contributed by atoms with Gasteiger partial charge in [-0.1, -0.05) is 0 Å². The summed E-state index contributed by atoms with van der Waals surface area (Å²) >= 11 is 0. The fraction of sp³-hybridized carbons (Fsp3) is 0.235. The Morgan fingerprint density at radius 1 is 1.16 bits per heavy atom. The summed E-state index contributed by atoms with van der Waals surface area (Å²) in [6.45, 7) is 3.73. The predicted octanol–water partition coefficient (Wildman–Crippen LogP) is 2.98. The highest BCUT2D eigenvalue weighted by atomic mass is 32.2. The Morgan fingerprint density at radius 2 is 1.84 bits per heavy atom. The molecular formula is C17H17FN2O4S. The van der Waals surface area contributed by atoms with Crippen molar-refractivity contribution in [3.8, 4) is 5.75 Å². The van der Waals surface area contributed by atoms with E-state index in [9.17, 15) is 17.6 Å². The standard InChI is InChI=1S/C17H17FN2O4S/c1-17(2)10-24-15-8-5-12(9-14(15)19-16(17)21)20-25(22,23)13-6-3-11(18)4-7-13/h3-9,20H,10H2,1-2H3,(H,19,21). The molecule has 0 spiro atoms. The van der Waals surface area contributed by atoms with Gasteiger partial charge in [0, 0.05) is 0 Å². The molecule has 2 aromatic carbocycles. The lowest BCUT2D eigenvalue weighted by molar-refractivity contribution is -0.124. The maximum atomic E-state index is 13.0. The minimum absolute atomic E-state index is 0.0646. The molecule has 2 N–H and O–H groups in total. The van der Waals surface area contributed by atoms with Gasteiger partial charge in [-0.25, -0.2) is 12.8 Å². The van der Waals surface area contributed by atoms with Gasteiger partial charge in [0.2, 0.25) is 5.91 Å². The van der Waals surface area contributed by atoms with Crippen molar-refractivity contribution in [1.29, 1.82) is 0 Å². The van der Waals surface area contributed by atoms with E-state index in [0.717, 1.165) is 12.1 Å². The Morgan fingerprint density at radius 3 is 2.52 bits per heavy atom. The highest BCUT2D eigenvalue weighted by Crippen LogP contribution is 2.34. The summed E-state index contributed by atoms with van der Waals surface area (Å²) in [5, 5.41) is 2.74. The summed E-state index contributed by atoms with van der Waals surface area (Å²) in [5.41, 5.74) is -0.0613. The smallest absolute Gasteiger partial charge is 0.261 e. The average Bonchev–Trinajstić information content (AvgIpc) is 2.64. The van der Waals surface area contributed by atoms with Crippen LogP contribution in [-0.4, -0.2) is 20.9 Å². The third-order valence-electron chi connectivity index (χ3n) is 3.81. The number of hydrogen-bond acceptors (Lipinski definition) is 4. The van der Waals surface area contributed by atoms with E-state index in [2.05, 4.69) is 10.0 Å². The summed E-state index contributed by atoms with van der Waals surface area (Å²) < 4.78 is 45.7. The molecule has 1 aliphatic heterocycles. The number of halogens is 1. The van der Waals surface area contributed by atoms with E-state index in [1.807, 2.05) is 0 Å². The van der Waals surface area contributed by atoms with Crippen molar-refractivity contribution < 1.29 is 22.3 Å². The van der Waals surface area contributed by atoms with Crippen LogP contribution in [0.15, 0.2) is 47.4 Å². The van der Waals surface area contributed by atoms with Gasteiger partial charge >= 0.3 is 0 Å². The molecule has 0 unspecified atom stereocenters. The van der Waals surface area contributed by atoms with Gasteiger partial charge in [0.1, 0.15) is 18.2 Å². The van der Waals surface area contributed by atoms with Crippen LogP contribution in [0.4, 0.5) is 15.8 Å². The number of benzene rings is 2. The summed E-state index contributed by atoms with van der Waals surface area (Å²) in [6.07, 6.45) is 0. The summed E-state index contributed by atoms with van der Waals surface area (Å²) in [6, 6.07) is 9.09. The van der Waals surface area contributed by atoms with Gasteiger partial charge in [0.15, 0.2) is 0 Å². The Bertz CT molecular complexity index is 924. The number of fused-ring (bicyclic) bond motifs is 1. The largest absolute Gasteiger partial charge is 0.490 e. The monoisotopic (exact) mass is 364 g/mol. The number of anilines is 2. The lowest BCUT2D eigenvalue weighted by Crippen LogP contribution is -2.33. The van der Waals surface area contributed by atoms with Crippen molar-refractivity contribution in [3.05, 3.63) is 48.3 Å². The first-order valence-electron chi connectivity index (χ1n) is 7.54. The molecule has 0 saturated carbocycles. The van der Waals surface area contributed by atoms with Crippen LogP contribution in [0.5, 0.6) is 5.75 Å². The molecule has 132 valence electrons. The van der Waals surface area contributed by atoms with E-state index in [-0.39, 0.29) is 23.1 Å². The second kappa shape index (κ2) is 6.03. The van der Waals surface area contributed by atoms with Crippen LogP contribution in [0.25, 0.3) is 0 Å². The summed E-state index contributed by atoms with van der Waals surface area (Å²) in [7, 11) is -3.87. The van der Waals surface area contributed by atoms with Gasteiger partial charge in [-0.05, 0) is 56.3 Å². The first-order chi connectivity index (χ1) is 11.7. The molecule has 0 radical (unpaired) electrons. The fourth-order valence-corrected chi connectivity index (χ4v) is 3.31. The van der Waals surface area contributed by atoms with Crippen LogP contribution in [0, 0.1) is 11.2 Å². The number of carbonyl (C=O) groups is 1. The minimum atomic E-state index is -3.87. The third-order valence-corrected chi connectivity index (χ3v) is 5.20. The van der Waals surface area contributed by atoms with Gasteiger partial charge in [0.05, 0.1) is 21.7 Å². The van der Waals surface area contributed by atoms with E-state index in [1.54, 1.807) is 19.9 Å². The van der Waals surface area contributed by atoms with E-state index in [0.29, 0.717) is 11.4 Å². The van der Waals surface area contributed by atoms with E-state index < -0.39 is 21.3 Å². The Labute approximate surface area is 145 Å². The van der Waals surface area contributed by atoms with E-state index in [1.165, 1.54) is 24.3 Å². The Kier molecular flexibility index (Phi) is 4.16. The third kappa shape index (κ3) is 3.58. The van der Waals surface area contributed by atoms with Gasteiger partial charge in [-0.3, -0.25) is 9.52 Å². The first-order valence-corrected chi connectivity index (χ1v) is 9.02. The molecule has 8 heteroatoms. The Hall–Kier alpha value is -2.61. The molecule has 1 amide bonds. The average molecular weight is 364 g/mol. The zero-order valence-corrected chi connectivity index (χ0v) is 14.5. The van der Waals surface area contributed by atoms with Crippen LogP contribution in [-0.2, 0) is 14.8 Å². The lowest BCUT2D eigenvalue weighted by atomic mass is 9.94. The molecule has 0 atom stereocenters. The quantitative estimate of drug-likeness (QED) is 0.877. The topological polar surface area (TPSA) is 84.5 Å². The molecule has 2 aromatic rings. The van der Waals surface area contributed by atoms with Gasteiger partial charge in [0.25, 0.3) is 10.0 Å². The molecule has 25 heavy (non-hydrogen) atoms. The van der Waals surface area contributed by atoms with E-state index in [4.69, 9.17) is 4.74 Å². The molecular weight excluding hydrogens is 347 g/mol. The molecule has 0 fully saturated rings. The van der Waals surface area contributed by atoms with Crippen molar-refractivity contribution in [2.75, 3.05) is 16.6 Å². The van der Waals surface area contributed by atoms with Crippen LogP contribution in [0.3, 0.4) is 0 Å². The second-order valence-electron chi connectivity index (χ2n) is 6.40. The molecule has 1 aliphatic rings. The van der Waals surface area contributed by atoms with Gasteiger partial charge in [-0.15, -0.1) is 0 Å². The summed E-state index contributed by atoms with van der Waals surface area (Å²) in [4.78, 5) is 12.1. The number of carbonyl (C=O) groups excluding carboxylic acids is 1. The highest BCUT2D eigenvalue weighted by Gasteiger charge is 2.32. The molecule has 1 heterocycles. The molecule has 0 saturated heterocycles. The predicted molar refractivity (Wildman–Crippen MR) is 91.6 cm³/mol. The van der Waals surface area contributed by atoms with Crippen LogP contribution in [0.2, 0.25) is 0 Å². The highest BCUT2D eigenvalue weighted by molar-refractivity contribution is 7.92. The Balaban J connectivity index is 1.88.